The Labute approximate surface area is 208 Å². The van der Waals surface area contributed by atoms with E-state index in [1.54, 1.807) is 19.0 Å². The van der Waals surface area contributed by atoms with Crippen LogP contribution in [0.15, 0.2) is 48.5 Å². The fourth-order valence-corrected chi connectivity index (χ4v) is 6.04. The van der Waals surface area contributed by atoms with Gasteiger partial charge in [0.25, 0.3) is 5.91 Å². The van der Waals surface area contributed by atoms with Crippen LogP contribution in [-0.4, -0.2) is 84.0 Å². The van der Waals surface area contributed by atoms with Crippen LogP contribution in [0.25, 0.3) is 11.1 Å². The summed E-state index contributed by atoms with van der Waals surface area (Å²) in [4.78, 5) is 31.6. The third kappa shape index (κ3) is 4.62. The summed E-state index contributed by atoms with van der Waals surface area (Å²) >= 11 is 0. The predicted octanol–water partition coefficient (Wildman–Crippen LogP) is 3.61. The fraction of sp³-hybridized carbons (Fsp3) is 0.517. The van der Waals surface area contributed by atoms with Crippen molar-refractivity contribution in [1.82, 2.24) is 14.7 Å². The SMILES string of the molecule is CN(C)C(=O)c1cccc(-c2ccc([C@H]3[C@@H](CO)N4CCCCN(C(=O)C5CCC5)C[C@@H]34)cc2)c1. The fourth-order valence-electron chi connectivity index (χ4n) is 6.04. The van der Waals surface area contributed by atoms with Crippen molar-refractivity contribution in [2.75, 3.05) is 40.3 Å². The lowest BCUT2D eigenvalue weighted by atomic mass is 9.74. The van der Waals surface area contributed by atoms with Gasteiger partial charge in [0, 0.05) is 56.7 Å². The van der Waals surface area contributed by atoms with Gasteiger partial charge in [-0.15, -0.1) is 0 Å². The van der Waals surface area contributed by atoms with Gasteiger partial charge in [0.05, 0.1) is 6.61 Å². The maximum Gasteiger partial charge on any atom is 0.253 e. The van der Waals surface area contributed by atoms with E-state index in [9.17, 15) is 14.7 Å². The Hall–Kier alpha value is -2.70. The molecule has 5 rings (SSSR count). The molecule has 0 radical (unpaired) electrons. The molecule has 3 aliphatic rings. The van der Waals surface area contributed by atoms with Gasteiger partial charge in [0.15, 0.2) is 0 Å². The summed E-state index contributed by atoms with van der Waals surface area (Å²) in [6.45, 7) is 2.74. The highest BCUT2D eigenvalue weighted by atomic mass is 16.3. The highest BCUT2D eigenvalue weighted by molar-refractivity contribution is 5.95. The summed E-state index contributed by atoms with van der Waals surface area (Å²) in [7, 11) is 3.53. The molecule has 2 heterocycles. The van der Waals surface area contributed by atoms with Gasteiger partial charge in [0.2, 0.25) is 5.91 Å². The Morgan fingerprint density at radius 1 is 0.971 bits per heavy atom. The van der Waals surface area contributed by atoms with E-state index < -0.39 is 0 Å². The van der Waals surface area contributed by atoms with Crippen LogP contribution in [0.1, 0.15) is 53.9 Å². The van der Waals surface area contributed by atoms with E-state index in [4.69, 9.17) is 0 Å². The van der Waals surface area contributed by atoms with Crippen LogP contribution in [0, 0.1) is 5.92 Å². The van der Waals surface area contributed by atoms with Gasteiger partial charge in [-0.2, -0.15) is 0 Å². The third-order valence-electron chi connectivity index (χ3n) is 8.28. The van der Waals surface area contributed by atoms with Gasteiger partial charge >= 0.3 is 0 Å². The number of carbonyl (C=O) groups is 2. The van der Waals surface area contributed by atoms with Crippen LogP contribution in [0.2, 0.25) is 0 Å². The summed E-state index contributed by atoms with van der Waals surface area (Å²) in [6, 6.07) is 16.7. The van der Waals surface area contributed by atoms with Crippen molar-refractivity contribution < 1.29 is 14.7 Å². The smallest absolute Gasteiger partial charge is 0.253 e. The molecule has 186 valence electrons. The van der Waals surface area contributed by atoms with E-state index in [0.717, 1.165) is 56.4 Å². The predicted molar refractivity (Wildman–Crippen MR) is 137 cm³/mol. The van der Waals surface area contributed by atoms with Gasteiger partial charge in [0.1, 0.15) is 0 Å². The average molecular weight is 476 g/mol. The number of hydrogen-bond acceptors (Lipinski definition) is 4. The highest BCUT2D eigenvalue weighted by Gasteiger charge is 2.49. The molecule has 3 fully saturated rings. The largest absolute Gasteiger partial charge is 0.395 e. The molecule has 2 saturated heterocycles. The average Bonchev–Trinajstić information content (AvgIpc) is 2.82. The summed E-state index contributed by atoms with van der Waals surface area (Å²) in [5.41, 5.74) is 3.98. The number of fused-ring (bicyclic) bond motifs is 1. The van der Waals surface area contributed by atoms with E-state index in [1.165, 1.54) is 12.0 Å². The number of aliphatic hydroxyl groups is 1. The molecule has 2 aromatic rings. The first-order valence-electron chi connectivity index (χ1n) is 13.1. The van der Waals surface area contributed by atoms with Crippen molar-refractivity contribution >= 4 is 11.8 Å². The third-order valence-corrected chi connectivity index (χ3v) is 8.28. The Kier molecular flexibility index (Phi) is 6.94. The number of hydrogen-bond donors (Lipinski definition) is 1. The maximum atomic E-state index is 13.1. The van der Waals surface area contributed by atoms with E-state index in [2.05, 4.69) is 34.1 Å². The van der Waals surface area contributed by atoms with Crippen molar-refractivity contribution in [3.63, 3.8) is 0 Å². The molecule has 0 bridgehead atoms. The Bertz CT molecular complexity index is 1060. The zero-order valence-corrected chi connectivity index (χ0v) is 20.9. The van der Waals surface area contributed by atoms with Gasteiger partial charge in [-0.25, -0.2) is 0 Å². The second-order valence-electron chi connectivity index (χ2n) is 10.6. The highest BCUT2D eigenvalue weighted by Crippen LogP contribution is 2.43. The summed E-state index contributed by atoms with van der Waals surface area (Å²) in [5, 5.41) is 10.2. The first kappa shape index (κ1) is 24.0. The van der Waals surface area contributed by atoms with E-state index >= 15 is 0 Å². The standard InChI is InChI=1S/C29H37N3O3/c1-30(2)28(34)24-10-6-9-23(17-24)20-11-13-21(14-12-20)27-25-18-31(29(35)22-7-5-8-22)15-3-4-16-32(25)26(27)19-33/h6,9-14,17,22,25-27,33H,3-5,7-8,15-16,18-19H2,1-2H3/t25-,26+,27+/m0/s1. The lowest BCUT2D eigenvalue weighted by Gasteiger charge is -2.57. The molecular weight excluding hydrogens is 438 g/mol. The second kappa shape index (κ2) is 10.1. The second-order valence-corrected chi connectivity index (χ2v) is 10.6. The number of benzene rings is 2. The van der Waals surface area contributed by atoms with Gasteiger partial charge in [-0.05, 0) is 61.1 Å². The van der Waals surface area contributed by atoms with Crippen molar-refractivity contribution in [2.45, 2.75) is 50.1 Å². The van der Waals surface area contributed by atoms with E-state index in [1.807, 2.05) is 24.3 Å². The van der Waals surface area contributed by atoms with Gasteiger partial charge in [-0.3, -0.25) is 14.5 Å². The monoisotopic (exact) mass is 475 g/mol. The molecule has 1 N–H and O–H groups in total. The zero-order valence-electron chi connectivity index (χ0n) is 20.9. The molecule has 1 saturated carbocycles. The molecule has 6 nitrogen and oxygen atoms in total. The van der Waals surface area contributed by atoms with Crippen LogP contribution < -0.4 is 0 Å². The first-order chi connectivity index (χ1) is 17.0. The van der Waals surface area contributed by atoms with Crippen molar-refractivity contribution in [3.8, 4) is 11.1 Å². The Morgan fingerprint density at radius 2 is 1.71 bits per heavy atom. The lowest BCUT2D eigenvalue weighted by molar-refractivity contribution is -0.143. The molecule has 2 aliphatic heterocycles. The number of amides is 2. The molecule has 3 atom stereocenters. The first-order valence-corrected chi connectivity index (χ1v) is 13.1. The minimum absolute atomic E-state index is 0.00546. The molecule has 6 heteroatoms. The molecule has 2 aromatic carbocycles. The summed E-state index contributed by atoms with van der Waals surface area (Å²) in [5.74, 6) is 0.774. The molecule has 0 spiro atoms. The Morgan fingerprint density at radius 3 is 2.37 bits per heavy atom. The quantitative estimate of drug-likeness (QED) is 0.718. The van der Waals surface area contributed by atoms with Crippen LogP contribution in [0.3, 0.4) is 0 Å². The van der Waals surface area contributed by atoms with Crippen LogP contribution >= 0.6 is 0 Å². The van der Waals surface area contributed by atoms with Crippen LogP contribution in [-0.2, 0) is 4.79 Å². The summed E-state index contributed by atoms with van der Waals surface area (Å²) < 4.78 is 0. The topological polar surface area (TPSA) is 64.1 Å². The number of aliphatic hydroxyl groups excluding tert-OH is 1. The van der Waals surface area contributed by atoms with Crippen molar-refractivity contribution in [3.05, 3.63) is 59.7 Å². The molecule has 0 unspecified atom stereocenters. The molecule has 0 aromatic heterocycles. The normalized spacial score (nSPS) is 25.0. The summed E-state index contributed by atoms with van der Waals surface area (Å²) in [6.07, 6.45) is 5.35. The van der Waals surface area contributed by atoms with Crippen molar-refractivity contribution in [2.24, 2.45) is 5.92 Å². The van der Waals surface area contributed by atoms with Gasteiger partial charge < -0.3 is 14.9 Å². The van der Waals surface area contributed by atoms with Crippen LogP contribution in [0.4, 0.5) is 0 Å². The molecule has 2 amide bonds. The lowest BCUT2D eigenvalue weighted by Crippen LogP contribution is -2.68. The zero-order chi connectivity index (χ0) is 24.5. The minimum atomic E-state index is -0.00546. The minimum Gasteiger partial charge on any atom is -0.395 e. The van der Waals surface area contributed by atoms with Gasteiger partial charge in [-0.1, -0.05) is 42.8 Å². The van der Waals surface area contributed by atoms with Crippen molar-refractivity contribution in [1.29, 1.82) is 0 Å². The van der Waals surface area contributed by atoms with E-state index in [0.29, 0.717) is 11.5 Å². The maximum absolute atomic E-state index is 13.1. The Balaban J connectivity index is 1.36. The number of rotatable bonds is 5. The number of carbonyl (C=O) groups excluding carboxylic acids is 2. The molecule has 1 aliphatic carbocycles. The van der Waals surface area contributed by atoms with Crippen LogP contribution in [0.5, 0.6) is 0 Å². The molecule has 35 heavy (non-hydrogen) atoms. The number of nitrogens with zero attached hydrogens (tertiary/aromatic N) is 3. The van der Waals surface area contributed by atoms with E-state index in [-0.39, 0.29) is 36.4 Å². The molecular formula is C29H37N3O3.